The molecule has 1 aromatic carbocycles. The third-order valence-electron chi connectivity index (χ3n) is 2.68. The second-order valence-corrected chi connectivity index (χ2v) is 3.92. The number of nitro groups is 1. The van der Waals surface area contributed by atoms with Crippen LogP contribution in [0.1, 0.15) is 12.5 Å². The number of nitrogens with one attached hydrogen (secondary N) is 1. The van der Waals surface area contributed by atoms with Crippen molar-refractivity contribution in [2.45, 2.75) is 6.92 Å². The lowest BCUT2D eigenvalue weighted by Crippen LogP contribution is -2.24. The largest absolute Gasteiger partial charge is 0.384 e. The molecule has 0 aliphatic heterocycles. The molecule has 0 spiro atoms. The lowest BCUT2D eigenvalue weighted by molar-refractivity contribution is -0.385. The first-order chi connectivity index (χ1) is 8.58. The molecule has 0 saturated carbocycles. The minimum Gasteiger partial charge on any atom is -0.384 e. The molecule has 96 valence electrons. The van der Waals surface area contributed by atoms with Gasteiger partial charge in [-0.15, -0.1) is 0 Å². The van der Waals surface area contributed by atoms with Crippen LogP contribution in [-0.2, 0) is 0 Å². The van der Waals surface area contributed by atoms with Crippen molar-refractivity contribution in [3.05, 3.63) is 33.9 Å². The van der Waals surface area contributed by atoms with Crippen molar-refractivity contribution in [1.82, 2.24) is 4.90 Å². The van der Waals surface area contributed by atoms with Crippen molar-refractivity contribution in [3.63, 3.8) is 0 Å². The van der Waals surface area contributed by atoms with Crippen LogP contribution >= 0.6 is 0 Å². The van der Waals surface area contributed by atoms with Gasteiger partial charge < -0.3 is 10.2 Å². The predicted molar refractivity (Wildman–Crippen MR) is 69.5 cm³/mol. The normalized spacial score (nSPS) is 10.1. The number of likely N-dealkylation sites (N-methyl/N-ethyl adjacent to an activating group) is 1. The van der Waals surface area contributed by atoms with Gasteiger partial charge in [-0.25, -0.2) is 0 Å². The maximum Gasteiger partial charge on any atom is 0.289 e. The van der Waals surface area contributed by atoms with Gasteiger partial charge >= 0.3 is 0 Å². The average molecular weight is 248 g/mol. The van der Waals surface area contributed by atoms with E-state index in [1.165, 1.54) is 12.1 Å². The summed E-state index contributed by atoms with van der Waals surface area (Å²) in [6.07, 6.45) is 0. The van der Waals surface area contributed by atoms with E-state index in [4.69, 9.17) is 5.26 Å². The van der Waals surface area contributed by atoms with Crippen LogP contribution in [0.15, 0.2) is 18.2 Å². The molecule has 1 rings (SSSR count). The maximum atomic E-state index is 10.8. The molecule has 0 aliphatic carbocycles. The summed E-state index contributed by atoms with van der Waals surface area (Å²) in [5.41, 5.74) is 0.577. The van der Waals surface area contributed by atoms with Gasteiger partial charge in [0.1, 0.15) is 11.6 Å². The van der Waals surface area contributed by atoms with Crippen LogP contribution in [0.2, 0.25) is 0 Å². The molecule has 1 N–H and O–H groups in total. The number of anilines is 1. The van der Waals surface area contributed by atoms with E-state index >= 15 is 0 Å². The fourth-order valence-electron chi connectivity index (χ4n) is 1.44. The Hall–Kier alpha value is -2.13. The highest BCUT2D eigenvalue weighted by Gasteiger charge is 2.13. The number of rotatable bonds is 6. The highest BCUT2D eigenvalue weighted by atomic mass is 16.6. The number of hydrogen-bond acceptors (Lipinski definition) is 5. The molecule has 1 aromatic rings. The molecule has 0 atom stereocenters. The van der Waals surface area contributed by atoms with Gasteiger partial charge in [-0.3, -0.25) is 10.1 Å². The van der Waals surface area contributed by atoms with Gasteiger partial charge in [-0.1, -0.05) is 6.92 Å². The molecule has 0 unspecified atom stereocenters. The number of nitro benzene ring substituents is 1. The van der Waals surface area contributed by atoms with E-state index in [2.05, 4.69) is 17.1 Å². The lowest BCUT2D eigenvalue weighted by atomic mass is 10.2. The van der Waals surface area contributed by atoms with Crippen molar-refractivity contribution in [2.75, 3.05) is 32.0 Å². The first kappa shape index (κ1) is 13.9. The number of hydrogen-bond donors (Lipinski definition) is 1. The number of nitriles is 1. The van der Waals surface area contributed by atoms with Crippen molar-refractivity contribution in [2.24, 2.45) is 0 Å². The molecule has 18 heavy (non-hydrogen) atoms. The van der Waals surface area contributed by atoms with Gasteiger partial charge in [0, 0.05) is 24.8 Å². The van der Waals surface area contributed by atoms with E-state index < -0.39 is 4.92 Å². The van der Waals surface area contributed by atoms with E-state index in [9.17, 15) is 10.1 Å². The molecule has 0 bridgehead atoms. The first-order valence-electron chi connectivity index (χ1n) is 5.69. The van der Waals surface area contributed by atoms with Gasteiger partial charge in [-0.2, -0.15) is 5.26 Å². The topological polar surface area (TPSA) is 82.2 Å². The zero-order valence-corrected chi connectivity index (χ0v) is 10.5. The van der Waals surface area contributed by atoms with Crippen LogP contribution in [0.25, 0.3) is 0 Å². The molecule has 0 amide bonds. The molecule has 0 saturated heterocycles. The zero-order chi connectivity index (χ0) is 13.5. The summed E-state index contributed by atoms with van der Waals surface area (Å²) in [4.78, 5) is 12.4. The van der Waals surface area contributed by atoms with Gasteiger partial charge in [0.25, 0.3) is 5.69 Å². The molecule has 6 nitrogen and oxygen atoms in total. The summed E-state index contributed by atoms with van der Waals surface area (Å²) in [5.74, 6) is 0. The van der Waals surface area contributed by atoms with Crippen LogP contribution in [-0.4, -0.2) is 36.5 Å². The van der Waals surface area contributed by atoms with Crippen molar-refractivity contribution in [1.29, 1.82) is 5.26 Å². The first-order valence-corrected chi connectivity index (χ1v) is 5.69. The number of benzene rings is 1. The van der Waals surface area contributed by atoms with Crippen LogP contribution in [0.3, 0.4) is 0 Å². The predicted octanol–water partition coefficient (Wildman–Crippen LogP) is 1.83. The highest BCUT2D eigenvalue weighted by Crippen LogP contribution is 2.22. The quantitative estimate of drug-likeness (QED) is 0.613. The third-order valence-corrected chi connectivity index (χ3v) is 2.68. The third kappa shape index (κ3) is 3.71. The Morgan fingerprint density at radius 3 is 2.83 bits per heavy atom. The zero-order valence-electron chi connectivity index (χ0n) is 10.5. The van der Waals surface area contributed by atoms with Gasteiger partial charge in [0.05, 0.1) is 4.92 Å². The SMILES string of the molecule is CCN(C)CCNc1ccc(C#N)c([N+](=O)[O-])c1. The molecule has 0 aromatic heterocycles. The standard InChI is InChI=1S/C12H16N4O2/c1-3-15(2)7-6-14-11-5-4-10(9-13)12(8-11)16(17)18/h4-5,8,14H,3,6-7H2,1-2H3. The van der Waals surface area contributed by atoms with Gasteiger partial charge in [0.15, 0.2) is 0 Å². The molecule has 0 fully saturated rings. The van der Waals surface area contributed by atoms with Crippen molar-refractivity contribution >= 4 is 11.4 Å². The van der Waals surface area contributed by atoms with Crippen molar-refractivity contribution in [3.8, 4) is 6.07 Å². The Bertz CT molecular complexity index is 468. The highest BCUT2D eigenvalue weighted by molar-refractivity contribution is 5.59. The van der Waals surface area contributed by atoms with Crippen LogP contribution in [0.4, 0.5) is 11.4 Å². The minimum absolute atomic E-state index is 0.0798. The van der Waals surface area contributed by atoms with Crippen LogP contribution in [0.5, 0.6) is 0 Å². The van der Waals surface area contributed by atoms with E-state index in [0.717, 1.165) is 13.1 Å². The smallest absolute Gasteiger partial charge is 0.289 e. The van der Waals surface area contributed by atoms with E-state index in [-0.39, 0.29) is 11.3 Å². The Labute approximate surface area is 106 Å². The summed E-state index contributed by atoms with van der Waals surface area (Å²) in [6, 6.07) is 6.34. The lowest BCUT2D eigenvalue weighted by Gasteiger charge is -2.14. The van der Waals surface area contributed by atoms with Gasteiger partial charge in [0.2, 0.25) is 0 Å². The Morgan fingerprint density at radius 2 is 2.28 bits per heavy atom. The summed E-state index contributed by atoms with van der Waals surface area (Å²) >= 11 is 0. The summed E-state index contributed by atoms with van der Waals surface area (Å²) in [7, 11) is 2.00. The monoisotopic (exact) mass is 248 g/mol. The second-order valence-electron chi connectivity index (χ2n) is 3.92. The molecular formula is C12H16N4O2. The minimum atomic E-state index is -0.540. The van der Waals surface area contributed by atoms with Gasteiger partial charge in [-0.05, 0) is 25.7 Å². The average Bonchev–Trinajstić information content (AvgIpc) is 2.38. The summed E-state index contributed by atoms with van der Waals surface area (Å²) < 4.78 is 0. The maximum absolute atomic E-state index is 10.8. The van der Waals surface area contributed by atoms with E-state index in [1.807, 2.05) is 13.1 Å². The Morgan fingerprint density at radius 1 is 1.56 bits per heavy atom. The van der Waals surface area contributed by atoms with E-state index in [0.29, 0.717) is 12.2 Å². The Kier molecular flexibility index (Phi) is 5.08. The molecule has 0 heterocycles. The number of nitrogens with zero attached hydrogens (tertiary/aromatic N) is 3. The molecular weight excluding hydrogens is 232 g/mol. The Balaban J connectivity index is 2.71. The van der Waals surface area contributed by atoms with Crippen LogP contribution in [0, 0.1) is 21.4 Å². The summed E-state index contributed by atoms with van der Waals surface area (Å²) in [6.45, 7) is 4.57. The van der Waals surface area contributed by atoms with Crippen molar-refractivity contribution < 1.29 is 4.92 Å². The molecule has 6 heteroatoms. The second kappa shape index (κ2) is 6.57. The molecule has 0 radical (unpaired) electrons. The fraction of sp³-hybridized carbons (Fsp3) is 0.417. The van der Waals surface area contributed by atoms with Crippen LogP contribution < -0.4 is 5.32 Å². The fourth-order valence-corrected chi connectivity index (χ4v) is 1.44. The molecule has 0 aliphatic rings. The summed E-state index contributed by atoms with van der Waals surface area (Å²) in [5, 5.41) is 22.6. The van der Waals surface area contributed by atoms with E-state index in [1.54, 1.807) is 6.07 Å².